The Bertz CT molecular complexity index is 1330. The topological polar surface area (TPSA) is 55.8 Å². The molecule has 0 saturated carbocycles. The molecular formula is C25H16Br2Cl3NO4S. The summed E-state index contributed by atoms with van der Waals surface area (Å²) in [4.78, 5) is 26.8. The minimum atomic E-state index is -0.366. The molecular weight excluding hydrogens is 677 g/mol. The van der Waals surface area contributed by atoms with Crippen LogP contribution in [-0.2, 0) is 11.4 Å². The van der Waals surface area contributed by atoms with Crippen LogP contribution in [0.25, 0.3) is 6.08 Å². The average Bonchev–Trinajstić information content (AvgIpc) is 3.08. The molecule has 3 aromatic rings. The standard InChI is InChI=1S/C25H16Br2Cl3NO4S/c26-19-9-14(10-20(27)23(19)35-13-15-1-2-17(29)12-21(15)30)11-22-24(32)31(25(33)36-22)7-8-34-18-5-3-16(28)4-6-18/h1-6,9-12H,7-8,13H2/b22-11-. The van der Waals surface area contributed by atoms with Crippen LogP contribution in [0.4, 0.5) is 4.79 Å². The number of imide groups is 1. The van der Waals surface area contributed by atoms with Gasteiger partial charge in [-0.2, -0.15) is 0 Å². The summed E-state index contributed by atoms with van der Waals surface area (Å²) in [7, 11) is 0. The Labute approximate surface area is 243 Å². The fraction of sp³-hybridized carbons (Fsp3) is 0.120. The second-order valence-corrected chi connectivity index (χ2v) is 11.5. The lowest BCUT2D eigenvalue weighted by Gasteiger charge is -2.13. The van der Waals surface area contributed by atoms with Gasteiger partial charge in [0.05, 0.1) is 20.4 Å². The molecule has 0 atom stereocenters. The molecule has 0 radical (unpaired) electrons. The van der Waals surface area contributed by atoms with Crippen molar-refractivity contribution in [2.24, 2.45) is 0 Å². The molecule has 1 heterocycles. The average molecular weight is 693 g/mol. The van der Waals surface area contributed by atoms with Gasteiger partial charge in [-0.1, -0.05) is 40.9 Å². The molecule has 2 amide bonds. The van der Waals surface area contributed by atoms with E-state index >= 15 is 0 Å². The fourth-order valence-electron chi connectivity index (χ4n) is 3.22. The highest BCUT2D eigenvalue weighted by Crippen LogP contribution is 2.38. The van der Waals surface area contributed by atoms with Gasteiger partial charge in [0, 0.05) is 20.6 Å². The quantitative estimate of drug-likeness (QED) is 0.221. The largest absolute Gasteiger partial charge is 0.492 e. The molecule has 1 saturated heterocycles. The first-order valence-electron chi connectivity index (χ1n) is 10.4. The van der Waals surface area contributed by atoms with Crippen LogP contribution in [0.2, 0.25) is 15.1 Å². The third-order valence-corrected chi connectivity index (χ3v) is 7.90. The van der Waals surface area contributed by atoms with Gasteiger partial charge in [0.1, 0.15) is 24.7 Å². The molecule has 1 aliphatic heterocycles. The third kappa shape index (κ3) is 6.79. The van der Waals surface area contributed by atoms with Crippen molar-refractivity contribution >= 4 is 95.6 Å². The summed E-state index contributed by atoms with van der Waals surface area (Å²) in [5.41, 5.74) is 1.51. The number of rotatable bonds is 8. The first-order valence-corrected chi connectivity index (χ1v) is 13.9. The number of ether oxygens (including phenoxy) is 2. The summed E-state index contributed by atoms with van der Waals surface area (Å²) >= 11 is 26.0. The predicted molar refractivity (Wildman–Crippen MR) is 152 cm³/mol. The normalized spacial score (nSPS) is 14.6. The lowest BCUT2D eigenvalue weighted by atomic mass is 10.2. The molecule has 0 aromatic heterocycles. The van der Waals surface area contributed by atoms with Crippen molar-refractivity contribution in [3.05, 3.63) is 94.6 Å². The molecule has 0 spiro atoms. The van der Waals surface area contributed by atoms with Crippen molar-refractivity contribution in [1.82, 2.24) is 4.90 Å². The molecule has 0 bridgehead atoms. The maximum Gasteiger partial charge on any atom is 0.293 e. The molecule has 1 aliphatic rings. The molecule has 36 heavy (non-hydrogen) atoms. The third-order valence-electron chi connectivity index (χ3n) is 4.98. The Morgan fingerprint density at radius 1 is 0.889 bits per heavy atom. The van der Waals surface area contributed by atoms with Crippen LogP contribution < -0.4 is 9.47 Å². The number of halogens is 5. The molecule has 11 heteroatoms. The van der Waals surface area contributed by atoms with Crippen molar-refractivity contribution < 1.29 is 19.1 Å². The van der Waals surface area contributed by atoms with E-state index in [1.54, 1.807) is 60.7 Å². The van der Waals surface area contributed by atoms with Crippen molar-refractivity contribution in [3.63, 3.8) is 0 Å². The van der Waals surface area contributed by atoms with E-state index in [-0.39, 0.29) is 30.9 Å². The Morgan fingerprint density at radius 3 is 2.22 bits per heavy atom. The van der Waals surface area contributed by atoms with Gasteiger partial charge >= 0.3 is 0 Å². The number of carbonyl (C=O) groups excluding carboxylic acids is 2. The number of nitrogens with zero attached hydrogens (tertiary/aromatic N) is 1. The van der Waals surface area contributed by atoms with E-state index in [1.165, 1.54) is 4.90 Å². The highest BCUT2D eigenvalue weighted by atomic mass is 79.9. The van der Waals surface area contributed by atoms with Gasteiger partial charge in [0.25, 0.3) is 11.1 Å². The molecule has 186 valence electrons. The molecule has 0 unspecified atom stereocenters. The van der Waals surface area contributed by atoms with Crippen molar-refractivity contribution in [2.75, 3.05) is 13.2 Å². The fourth-order valence-corrected chi connectivity index (χ4v) is 6.12. The highest BCUT2D eigenvalue weighted by molar-refractivity contribution is 9.11. The Hall–Kier alpha value is -1.68. The Balaban J connectivity index is 1.41. The maximum absolute atomic E-state index is 12.8. The molecule has 0 aliphatic carbocycles. The minimum absolute atomic E-state index is 0.137. The van der Waals surface area contributed by atoms with Crippen LogP contribution in [0.5, 0.6) is 11.5 Å². The zero-order valence-electron chi connectivity index (χ0n) is 18.3. The summed E-state index contributed by atoms with van der Waals surface area (Å²) in [6, 6.07) is 15.7. The van der Waals surface area contributed by atoms with E-state index < -0.39 is 0 Å². The van der Waals surface area contributed by atoms with Gasteiger partial charge in [-0.25, -0.2) is 0 Å². The lowest BCUT2D eigenvalue weighted by Crippen LogP contribution is -2.32. The number of amides is 2. The van der Waals surface area contributed by atoms with Gasteiger partial charge in [-0.15, -0.1) is 0 Å². The Kier molecular flexibility index (Phi) is 9.30. The summed E-state index contributed by atoms with van der Waals surface area (Å²) in [5, 5.41) is 1.32. The number of thioether (sulfide) groups is 1. The van der Waals surface area contributed by atoms with E-state index in [9.17, 15) is 9.59 Å². The van der Waals surface area contributed by atoms with E-state index in [0.717, 1.165) is 17.3 Å². The number of hydrogen-bond acceptors (Lipinski definition) is 5. The van der Waals surface area contributed by atoms with Crippen LogP contribution in [0.15, 0.2) is 68.4 Å². The van der Waals surface area contributed by atoms with E-state index in [4.69, 9.17) is 44.3 Å². The summed E-state index contributed by atoms with van der Waals surface area (Å²) in [6.45, 7) is 0.551. The van der Waals surface area contributed by atoms with Crippen LogP contribution in [0.1, 0.15) is 11.1 Å². The lowest BCUT2D eigenvalue weighted by molar-refractivity contribution is -0.123. The van der Waals surface area contributed by atoms with Crippen molar-refractivity contribution in [1.29, 1.82) is 0 Å². The first-order chi connectivity index (χ1) is 17.2. The van der Waals surface area contributed by atoms with Crippen LogP contribution in [0.3, 0.4) is 0 Å². The number of benzene rings is 3. The molecule has 3 aromatic carbocycles. The monoisotopic (exact) mass is 689 g/mol. The van der Waals surface area contributed by atoms with E-state index in [2.05, 4.69) is 31.9 Å². The van der Waals surface area contributed by atoms with Crippen molar-refractivity contribution in [2.45, 2.75) is 6.61 Å². The summed E-state index contributed by atoms with van der Waals surface area (Å²) in [6.07, 6.45) is 1.67. The van der Waals surface area contributed by atoms with Gasteiger partial charge in [-0.3, -0.25) is 14.5 Å². The zero-order chi connectivity index (χ0) is 25.8. The van der Waals surface area contributed by atoms with Crippen LogP contribution >= 0.6 is 78.4 Å². The molecule has 5 nitrogen and oxygen atoms in total. The molecule has 4 rings (SSSR count). The number of carbonyl (C=O) groups is 2. The second-order valence-electron chi connectivity index (χ2n) is 7.47. The Morgan fingerprint density at radius 2 is 1.56 bits per heavy atom. The van der Waals surface area contributed by atoms with Gasteiger partial charge in [0.2, 0.25) is 0 Å². The van der Waals surface area contributed by atoms with E-state index in [0.29, 0.717) is 46.0 Å². The van der Waals surface area contributed by atoms with Gasteiger partial charge in [-0.05, 0) is 104 Å². The van der Waals surface area contributed by atoms with E-state index in [1.807, 2.05) is 0 Å². The SMILES string of the molecule is O=C1S/C(=C\c2cc(Br)c(OCc3ccc(Cl)cc3Cl)c(Br)c2)C(=O)N1CCOc1ccc(Cl)cc1. The minimum Gasteiger partial charge on any atom is -0.492 e. The first kappa shape index (κ1) is 27.4. The van der Waals surface area contributed by atoms with Crippen LogP contribution in [-0.4, -0.2) is 29.2 Å². The second kappa shape index (κ2) is 12.2. The molecule has 1 fully saturated rings. The summed E-state index contributed by atoms with van der Waals surface area (Å²) < 4.78 is 12.9. The smallest absolute Gasteiger partial charge is 0.293 e. The summed E-state index contributed by atoms with van der Waals surface area (Å²) in [5.74, 6) is 0.817. The van der Waals surface area contributed by atoms with Gasteiger partial charge < -0.3 is 9.47 Å². The van der Waals surface area contributed by atoms with Crippen LogP contribution in [0, 0.1) is 0 Å². The zero-order valence-corrected chi connectivity index (χ0v) is 24.5. The predicted octanol–water partition coefficient (Wildman–Crippen LogP) is 8.87. The maximum atomic E-state index is 12.8. The highest BCUT2D eigenvalue weighted by Gasteiger charge is 2.34. The number of hydrogen-bond donors (Lipinski definition) is 0. The van der Waals surface area contributed by atoms with Gasteiger partial charge in [0.15, 0.2) is 0 Å². The van der Waals surface area contributed by atoms with Crippen molar-refractivity contribution in [3.8, 4) is 11.5 Å². The molecule has 0 N–H and O–H groups in total.